The first-order chi connectivity index (χ1) is 28.1. The van der Waals surface area contributed by atoms with Crippen LogP contribution in [0.2, 0.25) is 10.0 Å². The number of benzene rings is 1. The molecule has 5 atom stereocenters. The highest BCUT2D eigenvalue weighted by Crippen LogP contribution is 2.41. The summed E-state index contributed by atoms with van der Waals surface area (Å²) in [5.41, 5.74) is 6.02. The van der Waals surface area contributed by atoms with Crippen LogP contribution >= 0.6 is 23.2 Å². The number of halogens is 2. The minimum absolute atomic E-state index is 0.0632. The fourth-order valence-corrected chi connectivity index (χ4v) is 9.95. The first-order valence-electron chi connectivity index (χ1n) is 21.2. The number of carbonyl (C=O) groups excluding carboxylic acids is 2. The zero-order valence-electron chi connectivity index (χ0n) is 35.8. The van der Waals surface area contributed by atoms with Crippen molar-refractivity contribution in [2.24, 2.45) is 0 Å². The van der Waals surface area contributed by atoms with E-state index in [4.69, 9.17) is 57.1 Å². The van der Waals surface area contributed by atoms with E-state index in [9.17, 15) is 9.59 Å². The molecule has 3 aromatic rings. The summed E-state index contributed by atoms with van der Waals surface area (Å²) in [5, 5.41) is 5.94. The molecule has 2 unspecified atom stereocenters. The fourth-order valence-electron chi connectivity index (χ4n) is 9.38. The van der Waals surface area contributed by atoms with Crippen LogP contribution in [-0.4, -0.2) is 111 Å². The van der Waals surface area contributed by atoms with Gasteiger partial charge in [-0.3, -0.25) is 19.4 Å². The van der Waals surface area contributed by atoms with Gasteiger partial charge in [0.15, 0.2) is 5.65 Å². The standard InChI is InChI=1S/C26H29Cl2N5O2.C18H30BNO4/c1-15-24-25(33(31-15)16(2)20-11-8-18(27)13-21(20)28)30-22(14-29-24)17-6-9-19(10-7-17)32-12-4-5-23(32)26(34)35-3;1-17(2)18(3,4)24-19(23-17)13-8-10-14(11-9-13)20-12-6-7-15(20)16(21)22-5/h6,8,11,13-14,16,19,23H,4-5,7,9-10,12H2,1-3H3;8,14-15H,6-7,9-12H2,1-5H3/t16-,19?,23+;14?,15-/m10/s1. The van der Waals surface area contributed by atoms with Gasteiger partial charge in [-0.25, -0.2) is 14.6 Å². The van der Waals surface area contributed by atoms with Crippen molar-refractivity contribution in [1.82, 2.24) is 29.5 Å². The summed E-state index contributed by atoms with van der Waals surface area (Å²) in [6.45, 7) is 14.3. The number of hydrogen-bond donors (Lipinski definition) is 0. The zero-order chi connectivity index (χ0) is 42.2. The SMILES string of the molecule is COC(=O)[C@@H]1CCCN1C1CC=C(B2OC(C)(C)C(C)(C)O2)CC1.COC(=O)[C@@H]1CCCN1C1CC=C(c2cnc3c(C)nn([C@H](C)c4ccc(Cl)cc4Cl)c3n2)CC1. The second-order valence-electron chi connectivity index (χ2n) is 17.6. The number of methoxy groups -OCH3 is 2. The molecule has 12 nitrogen and oxygen atoms in total. The van der Waals surface area contributed by atoms with Crippen molar-refractivity contribution in [2.75, 3.05) is 27.3 Å². The topological polar surface area (TPSA) is 121 Å². The molecular formula is C44H59BCl2N6O6. The van der Waals surface area contributed by atoms with E-state index in [0.29, 0.717) is 22.1 Å². The Bertz CT molecular complexity index is 2090. The van der Waals surface area contributed by atoms with Gasteiger partial charge in [0.05, 0.1) is 49.0 Å². The van der Waals surface area contributed by atoms with E-state index >= 15 is 0 Å². The Morgan fingerprint density at radius 2 is 1.47 bits per heavy atom. The van der Waals surface area contributed by atoms with Crippen LogP contribution in [0.3, 0.4) is 0 Å². The van der Waals surface area contributed by atoms with Crippen LogP contribution in [0.25, 0.3) is 16.7 Å². The van der Waals surface area contributed by atoms with Crippen molar-refractivity contribution in [3.8, 4) is 0 Å². The molecule has 0 amide bonds. The maximum absolute atomic E-state index is 12.2. The third-order valence-electron chi connectivity index (χ3n) is 13.5. The molecule has 5 heterocycles. The molecule has 59 heavy (non-hydrogen) atoms. The van der Waals surface area contributed by atoms with Crippen LogP contribution in [0.4, 0.5) is 0 Å². The van der Waals surface area contributed by atoms with Crippen LogP contribution in [0.1, 0.15) is 122 Å². The third kappa shape index (κ3) is 9.02. The van der Waals surface area contributed by atoms with E-state index in [1.165, 1.54) is 25.3 Å². The Balaban J connectivity index is 0.000000192. The second-order valence-corrected chi connectivity index (χ2v) is 18.4. The van der Waals surface area contributed by atoms with Crippen LogP contribution in [-0.2, 0) is 28.4 Å². The van der Waals surface area contributed by atoms with Crippen molar-refractivity contribution in [2.45, 2.75) is 147 Å². The van der Waals surface area contributed by atoms with E-state index in [1.54, 1.807) is 6.07 Å². The van der Waals surface area contributed by atoms with Crippen molar-refractivity contribution in [3.05, 3.63) is 69.0 Å². The monoisotopic (exact) mass is 848 g/mol. The predicted octanol–water partition coefficient (Wildman–Crippen LogP) is 8.36. The summed E-state index contributed by atoms with van der Waals surface area (Å²) >= 11 is 12.6. The van der Waals surface area contributed by atoms with Crippen molar-refractivity contribution in [3.63, 3.8) is 0 Å². The number of hydrogen-bond acceptors (Lipinski definition) is 11. The van der Waals surface area contributed by atoms with Crippen LogP contribution in [0.5, 0.6) is 0 Å². The number of likely N-dealkylation sites (tertiary alicyclic amines) is 2. The molecule has 2 aliphatic carbocycles. The largest absolute Gasteiger partial charge is 0.490 e. The lowest BCUT2D eigenvalue weighted by molar-refractivity contribution is -0.147. The summed E-state index contributed by atoms with van der Waals surface area (Å²) in [5.74, 6) is -0.208. The highest BCUT2D eigenvalue weighted by atomic mass is 35.5. The van der Waals surface area contributed by atoms with Crippen LogP contribution in [0.15, 0.2) is 42.0 Å². The number of nitrogens with zero attached hydrogens (tertiary/aromatic N) is 6. The molecule has 2 aromatic heterocycles. The van der Waals surface area contributed by atoms with Gasteiger partial charge < -0.3 is 18.8 Å². The van der Waals surface area contributed by atoms with Crippen LogP contribution in [0, 0.1) is 6.92 Å². The maximum Gasteiger partial charge on any atom is 0.490 e. The Hall–Kier alpha value is -3.33. The predicted molar refractivity (Wildman–Crippen MR) is 231 cm³/mol. The van der Waals surface area contributed by atoms with Crippen molar-refractivity contribution in [1.29, 1.82) is 0 Å². The molecule has 1 aromatic carbocycles. The van der Waals surface area contributed by atoms with E-state index in [2.05, 4.69) is 49.6 Å². The van der Waals surface area contributed by atoms with Crippen molar-refractivity contribution < 1.29 is 28.4 Å². The minimum atomic E-state index is -0.291. The average Bonchev–Trinajstić information content (AvgIpc) is 4.03. The Morgan fingerprint density at radius 1 is 0.881 bits per heavy atom. The number of rotatable bonds is 8. The molecule has 5 aliphatic rings. The molecule has 3 fully saturated rings. The summed E-state index contributed by atoms with van der Waals surface area (Å²) in [7, 11) is 2.72. The Kier molecular flexibility index (Phi) is 13.3. The lowest BCUT2D eigenvalue weighted by Crippen LogP contribution is -2.44. The Labute approximate surface area is 359 Å². The lowest BCUT2D eigenvalue weighted by atomic mass is 9.71. The fraction of sp³-hybridized carbons (Fsp3) is 0.614. The van der Waals surface area contributed by atoms with E-state index < -0.39 is 0 Å². The first kappa shape index (κ1) is 43.8. The van der Waals surface area contributed by atoms with Gasteiger partial charge in [-0.05, 0) is 148 Å². The molecule has 0 radical (unpaired) electrons. The Morgan fingerprint density at radius 3 is 2.00 bits per heavy atom. The van der Waals surface area contributed by atoms with Gasteiger partial charge in [-0.2, -0.15) is 5.10 Å². The molecule has 0 spiro atoms. The normalized spacial score (nSPS) is 26.2. The molecule has 8 rings (SSSR count). The third-order valence-corrected chi connectivity index (χ3v) is 14.1. The minimum Gasteiger partial charge on any atom is -0.468 e. The lowest BCUT2D eigenvalue weighted by Gasteiger charge is -2.34. The average molecular weight is 850 g/mol. The number of allylic oxidation sites excluding steroid dienone is 2. The highest BCUT2D eigenvalue weighted by Gasteiger charge is 2.52. The highest BCUT2D eigenvalue weighted by molar-refractivity contribution is 6.54. The number of carbonyl (C=O) groups is 2. The molecular weight excluding hydrogens is 790 g/mol. The number of fused-ring (bicyclic) bond motifs is 1. The van der Waals surface area contributed by atoms with Gasteiger partial charge in [0.25, 0.3) is 0 Å². The smallest absolute Gasteiger partial charge is 0.468 e. The quantitative estimate of drug-likeness (QED) is 0.161. The summed E-state index contributed by atoms with van der Waals surface area (Å²) < 4.78 is 24.2. The van der Waals surface area contributed by atoms with E-state index in [-0.39, 0.29) is 48.4 Å². The van der Waals surface area contributed by atoms with Crippen molar-refractivity contribution >= 4 is 59.0 Å². The van der Waals surface area contributed by atoms with Gasteiger partial charge in [-0.15, -0.1) is 0 Å². The molecule has 318 valence electrons. The van der Waals surface area contributed by atoms with Gasteiger partial charge in [0.2, 0.25) is 0 Å². The van der Waals surface area contributed by atoms with E-state index in [1.807, 2.05) is 36.9 Å². The molecule has 3 saturated heterocycles. The van der Waals surface area contributed by atoms with Gasteiger partial charge in [0, 0.05) is 22.1 Å². The second kappa shape index (κ2) is 18.0. The van der Waals surface area contributed by atoms with E-state index in [0.717, 1.165) is 105 Å². The molecule has 0 bridgehead atoms. The number of esters is 2. The van der Waals surface area contributed by atoms with Gasteiger partial charge in [0.1, 0.15) is 17.6 Å². The van der Waals surface area contributed by atoms with Crippen LogP contribution < -0.4 is 0 Å². The molecule has 15 heteroatoms. The number of aromatic nitrogens is 4. The number of ether oxygens (including phenoxy) is 2. The summed E-state index contributed by atoms with van der Waals surface area (Å²) in [4.78, 5) is 38.5. The van der Waals surface area contributed by atoms with Gasteiger partial charge >= 0.3 is 19.1 Å². The molecule has 0 N–H and O–H groups in total. The zero-order valence-corrected chi connectivity index (χ0v) is 37.3. The maximum atomic E-state index is 12.2. The summed E-state index contributed by atoms with van der Waals surface area (Å²) in [6, 6.07) is 5.98. The first-order valence-corrected chi connectivity index (χ1v) is 22.0. The number of aryl methyl sites for hydroxylation is 1. The molecule has 0 saturated carbocycles. The van der Waals surface area contributed by atoms with Gasteiger partial charge in [-0.1, -0.05) is 41.4 Å². The summed E-state index contributed by atoms with van der Waals surface area (Å²) in [6.07, 6.45) is 16.0. The molecule has 3 aliphatic heterocycles.